The van der Waals surface area contributed by atoms with Crippen LogP contribution in [0.1, 0.15) is 18.4 Å². The fourth-order valence-corrected chi connectivity index (χ4v) is 3.35. The van der Waals surface area contributed by atoms with Crippen LogP contribution in [0.5, 0.6) is 5.75 Å². The maximum absolute atomic E-state index is 12.7. The third kappa shape index (κ3) is 4.28. The second-order valence-electron chi connectivity index (χ2n) is 6.48. The first-order chi connectivity index (χ1) is 13.3. The first kappa shape index (κ1) is 19.8. The molecule has 2 aliphatic heterocycles. The highest BCUT2D eigenvalue weighted by Gasteiger charge is 2.33. The van der Waals surface area contributed by atoms with E-state index in [0.717, 1.165) is 12.8 Å². The van der Waals surface area contributed by atoms with Gasteiger partial charge in [0.05, 0.1) is 18.3 Å². The number of nitriles is 1. The number of ether oxygens (including phenoxy) is 1. The topological polar surface area (TPSA) is 80.9 Å². The molecule has 2 N–H and O–H groups in total. The lowest BCUT2D eigenvalue weighted by atomic mass is 10.1. The molecule has 0 radical (unpaired) electrons. The number of aliphatic imine (C=N–C) groups is 1. The molecule has 148 valence electrons. The lowest BCUT2D eigenvalue weighted by Crippen LogP contribution is -2.37. The molecule has 1 saturated heterocycles. The molecule has 1 fully saturated rings. The maximum atomic E-state index is 12.7. The number of aliphatic hydroxyl groups excluding tert-OH is 1. The van der Waals surface area contributed by atoms with Gasteiger partial charge in [-0.25, -0.2) is 4.99 Å². The predicted octanol–water partition coefficient (Wildman–Crippen LogP) is 2.83. The molecule has 0 unspecified atom stereocenters. The fraction of sp³-hybridized carbons (Fsp3) is 0.368. The minimum absolute atomic E-state index is 0.0329. The summed E-state index contributed by atoms with van der Waals surface area (Å²) in [5.74, 6) is 0.420. The van der Waals surface area contributed by atoms with Gasteiger partial charge in [0, 0.05) is 18.5 Å². The van der Waals surface area contributed by atoms with Crippen LogP contribution in [0.15, 0.2) is 52.9 Å². The minimum atomic E-state index is -4.80. The van der Waals surface area contributed by atoms with Crippen molar-refractivity contribution in [2.75, 3.05) is 13.2 Å². The molecule has 1 atom stereocenters. The van der Waals surface area contributed by atoms with Crippen LogP contribution in [0.4, 0.5) is 13.2 Å². The van der Waals surface area contributed by atoms with E-state index in [2.05, 4.69) is 27.7 Å². The van der Waals surface area contributed by atoms with Gasteiger partial charge in [0.2, 0.25) is 0 Å². The molecule has 1 aromatic rings. The number of aliphatic hydroxyl groups is 1. The van der Waals surface area contributed by atoms with Crippen LogP contribution >= 0.6 is 0 Å². The molecule has 0 saturated carbocycles. The van der Waals surface area contributed by atoms with Gasteiger partial charge in [0.15, 0.2) is 5.82 Å². The van der Waals surface area contributed by atoms with Crippen molar-refractivity contribution in [1.29, 1.82) is 5.26 Å². The van der Waals surface area contributed by atoms with Crippen LogP contribution < -0.4 is 10.1 Å². The summed E-state index contributed by atoms with van der Waals surface area (Å²) >= 11 is 0. The average molecular weight is 392 g/mol. The van der Waals surface area contributed by atoms with Gasteiger partial charge < -0.3 is 20.1 Å². The molecule has 1 aromatic carbocycles. The molecular weight excluding hydrogens is 373 g/mol. The Balaban J connectivity index is 1.93. The van der Waals surface area contributed by atoms with Crippen molar-refractivity contribution < 1.29 is 23.0 Å². The molecule has 3 rings (SSSR count). The Hall–Kier alpha value is -2.99. The Kier molecular flexibility index (Phi) is 5.61. The van der Waals surface area contributed by atoms with Crippen LogP contribution in [0.3, 0.4) is 0 Å². The summed E-state index contributed by atoms with van der Waals surface area (Å²) in [6.07, 6.45) is -3.15. The number of benzene rings is 1. The van der Waals surface area contributed by atoms with Gasteiger partial charge >= 0.3 is 6.36 Å². The van der Waals surface area contributed by atoms with Crippen molar-refractivity contribution in [2.45, 2.75) is 31.7 Å². The summed E-state index contributed by atoms with van der Waals surface area (Å²) in [5.41, 5.74) is 0.864. The lowest BCUT2D eigenvalue weighted by Gasteiger charge is -2.30. The predicted molar refractivity (Wildman–Crippen MR) is 96.0 cm³/mol. The fourth-order valence-electron chi connectivity index (χ4n) is 3.35. The van der Waals surface area contributed by atoms with Crippen molar-refractivity contribution in [3.63, 3.8) is 0 Å². The summed E-state index contributed by atoms with van der Waals surface area (Å²) in [4.78, 5) is 6.33. The molecule has 6 nitrogen and oxygen atoms in total. The molecule has 0 aromatic heterocycles. The Morgan fingerprint density at radius 3 is 2.82 bits per heavy atom. The summed E-state index contributed by atoms with van der Waals surface area (Å²) in [7, 11) is 0. The number of amidine groups is 1. The van der Waals surface area contributed by atoms with E-state index in [1.54, 1.807) is 6.07 Å². The van der Waals surface area contributed by atoms with Gasteiger partial charge in [0.1, 0.15) is 23.2 Å². The van der Waals surface area contributed by atoms with E-state index in [4.69, 9.17) is 0 Å². The molecule has 2 heterocycles. The van der Waals surface area contributed by atoms with E-state index in [0.29, 0.717) is 29.5 Å². The number of alkyl halides is 3. The van der Waals surface area contributed by atoms with E-state index in [1.807, 2.05) is 4.90 Å². The number of hydrogen-bond donors (Lipinski definition) is 2. The molecule has 2 aliphatic rings. The number of nitrogens with zero attached hydrogens (tertiary/aromatic N) is 3. The zero-order valence-electron chi connectivity index (χ0n) is 15.0. The molecule has 9 heteroatoms. The molecule has 0 amide bonds. The third-order valence-corrected chi connectivity index (χ3v) is 4.59. The SMILES string of the molecule is C=C1NC(Cc2ccccc2OC(F)(F)F)=NC(N2CCC[C@H]2CO)=C1C#N. The van der Waals surface area contributed by atoms with Crippen molar-refractivity contribution in [3.8, 4) is 11.8 Å². The molecule has 28 heavy (non-hydrogen) atoms. The van der Waals surface area contributed by atoms with Crippen LogP contribution in [0.25, 0.3) is 0 Å². The van der Waals surface area contributed by atoms with Crippen LogP contribution in [-0.4, -0.2) is 41.4 Å². The van der Waals surface area contributed by atoms with E-state index >= 15 is 0 Å². The number of nitrogens with one attached hydrogen (secondary N) is 1. The number of rotatable bonds is 5. The van der Waals surface area contributed by atoms with Gasteiger partial charge in [-0.1, -0.05) is 24.8 Å². The van der Waals surface area contributed by atoms with Crippen molar-refractivity contribution in [1.82, 2.24) is 10.2 Å². The van der Waals surface area contributed by atoms with E-state index in [9.17, 15) is 23.5 Å². The van der Waals surface area contributed by atoms with Gasteiger partial charge in [0.25, 0.3) is 0 Å². The lowest BCUT2D eigenvalue weighted by molar-refractivity contribution is -0.274. The summed E-state index contributed by atoms with van der Waals surface area (Å²) < 4.78 is 42.0. The van der Waals surface area contributed by atoms with Gasteiger partial charge in [-0.3, -0.25) is 0 Å². The Labute approximate surface area is 160 Å². The molecular formula is C19H19F3N4O2. The molecule has 0 aliphatic carbocycles. The van der Waals surface area contributed by atoms with E-state index in [1.165, 1.54) is 18.2 Å². The van der Waals surface area contributed by atoms with E-state index in [-0.39, 0.29) is 30.4 Å². The van der Waals surface area contributed by atoms with Crippen molar-refractivity contribution in [2.24, 2.45) is 4.99 Å². The van der Waals surface area contributed by atoms with Crippen molar-refractivity contribution >= 4 is 5.84 Å². The number of likely N-dealkylation sites (tertiary alicyclic amines) is 1. The maximum Gasteiger partial charge on any atom is 0.573 e. The van der Waals surface area contributed by atoms with E-state index < -0.39 is 6.36 Å². The monoisotopic (exact) mass is 392 g/mol. The summed E-state index contributed by atoms with van der Waals surface area (Å²) in [6, 6.07) is 7.72. The number of allylic oxidation sites excluding steroid dienone is 1. The normalized spacial score (nSPS) is 20.0. The third-order valence-electron chi connectivity index (χ3n) is 4.59. The van der Waals surface area contributed by atoms with Gasteiger partial charge in [-0.05, 0) is 18.9 Å². The standard InChI is InChI=1S/C19H19F3N4O2/c1-12-15(10-23)18(26-8-4-6-14(26)11-27)25-17(24-12)9-13-5-2-3-7-16(13)28-19(20,21)22/h2-3,5,7,14,27H,1,4,6,8-9,11H2,(H,24,25)/t14-/m0/s1. The summed E-state index contributed by atoms with van der Waals surface area (Å²) in [5, 5.41) is 22.0. The Bertz CT molecular complexity index is 871. The zero-order chi connectivity index (χ0) is 20.3. The Morgan fingerprint density at radius 2 is 2.14 bits per heavy atom. The van der Waals surface area contributed by atoms with Gasteiger partial charge in [-0.15, -0.1) is 13.2 Å². The molecule has 0 bridgehead atoms. The second-order valence-corrected chi connectivity index (χ2v) is 6.48. The Morgan fingerprint density at radius 1 is 1.39 bits per heavy atom. The highest BCUT2D eigenvalue weighted by molar-refractivity contribution is 5.89. The summed E-state index contributed by atoms with van der Waals surface area (Å²) in [6.45, 7) is 4.39. The molecule has 0 spiro atoms. The first-order valence-electron chi connectivity index (χ1n) is 8.71. The van der Waals surface area contributed by atoms with Crippen LogP contribution in [0, 0.1) is 11.3 Å². The number of halogens is 3. The quantitative estimate of drug-likeness (QED) is 0.806. The largest absolute Gasteiger partial charge is 0.573 e. The zero-order valence-corrected chi connectivity index (χ0v) is 15.0. The first-order valence-corrected chi connectivity index (χ1v) is 8.71. The minimum Gasteiger partial charge on any atom is -0.405 e. The smallest absolute Gasteiger partial charge is 0.405 e. The van der Waals surface area contributed by atoms with Crippen LogP contribution in [-0.2, 0) is 6.42 Å². The average Bonchev–Trinajstić information content (AvgIpc) is 3.10. The highest BCUT2D eigenvalue weighted by Crippen LogP contribution is 2.30. The van der Waals surface area contributed by atoms with Gasteiger partial charge in [-0.2, -0.15) is 5.26 Å². The van der Waals surface area contributed by atoms with Crippen molar-refractivity contribution in [3.05, 3.63) is 53.5 Å². The number of para-hydroxylation sites is 1. The number of hydrogen-bond acceptors (Lipinski definition) is 6. The highest BCUT2D eigenvalue weighted by atomic mass is 19.4. The second kappa shape index (κ2) is 7.94. The van der Waals surface area contributed by atoms with Crippen LogP contribution in [0.2, 0.25) is 0 Å².